The molecule has 0 radical (unpaired) electrons. The zero-order valence-electron chi connectivity index (χ0n) is 49.9. The highest BCUT2D eigenvalue weighted by molar-refractivity contribution is 6.32. The van der Waals surface area contributed by atoms with Crippen LogP contribution in [0.5, 0.6) is 0 Å². The average molecular weight is 1090 g/mol. The molecule has 0 saturated heterocycles. The summed E-state index contributed by atoms with van der Waals surface area (Å²) in [5.74, 6) is 0.688. The Hall–Kier alpha value is -9.38. The molecule has 84 heavy (non-hydrogen) atoms. The average Bonchev–Trinajstić information content (AvgIpc) is 1.57. The van der Waals surface area contributed by atoms with Crippen LogP contribution in [-0.2, 0) is 10.8 Å². The van der Waals surface area contributed by atoms with Gasteiger partial charge in [0.15, 0.2) is 0 Å². The number of aromatic nitrogens is 2. The summed E-state index contributed by atoms with van der Waals surface area (Å²) in [6.45, 7) is 23.2. The normalized spacial score (nSPS) is 12.6. The quantitative estimate of drug-likeness (QED) is 0.136. The summed E-state index contributed by atoms with van der Waals surface area (Å²) >= 11 is 0. The molecule has 410 valence electrons. The van der Waals surface area contributed by atoms with Gasteiger partial charge >= 0.3 is 0 Å². The molecule has 0 aliphatic carbocycles. The van der Waals surface area contributed by atoms with E-state index in [-0.39, 0.29) is 10.8 Å². The van der Waals surface area contributed by atoms with Crippen LogP contribution < -0.4 is 9.80 Å². The van der Waals surface area contributed by atoms with E-state index in [2.05, 4.69) is 318 Å². The molecule has 0 N–H and O–H groups in total. The molecule has 4 nitrogen and oxygen atoms in total. The summed E-state index contributed by atoms with van der Waals surface area (Å²) in [5, 5.41) is 10.0. The first kappa shape index (κ1) is 51.5. The van der Waals surface area contributed by atoms with Gasteiger partial charge < -0.3 is 18.6 Å². The monoisotopic (exact) mass is 1090 g/mol. The number of nitrogens with zero attached hydrogens (tertiary/aromatic N) is 4. The second-order valence-corrected chi connectivity index (χ2v) is 26.2. The van der Waals surface area contributed by atoms with Crippen molar-refractivity contribution in [2.45, 2.75) is 91.9 Å². The van der Waals surface area contributed by atoms with Crippen molar-refractivity contribution in [3.8, 4) is 22.3 Å². The van der Waals surface area contributed by atoms with Crippen molar-refractivity contribution < 1.29 is 0 Å². The number of para-hydroxylation sites is 2. The van der Waals surface area contributed by atoms with Crippen molar-refractivity contribution in [2.75, 3.05) is 9.80 Å². The summed E-state index contributed by atoms with van der Waals surface area (Å²) < 4.78 is 5.21. The van der Waals surface area contributed by atoms with E-state index < -0.39 is 0 Å². The predicted octanol–water partition coefficient (Wildman–Crippen LogP) is 23.1. The molecule has 0 spiro atoms. The molecule has 0 bridgehead atoms. The van der Waals surface area contributed by atoms with Crippen molar-refractivity contribution >= 4 is 110 Å². The molecule has 4 heteroatoms. The molecular formula is C80H70N4. The van der Waals surface area contributed by atoms with Crippen molar-refractivity contribution in [1.82, 2.24) is 8.80 Å². The number of benzene rings is 11. The van der Waals surface area contributed by atoms with Crippen molar-refractivity contribution in [3.05, 3.63) is 253 Å². The Labute approximate surface area is 493 Å². The van der Waals surface area contributed by atoms with Gasteiger partial charge in [-0.1, -0.05) is 215 Å². The zero-order valence-corrected chi connectivity index (χ0v) is 49.9. The molecule has 15 aromatic rings. The van der Waals surface area contributed by atoms with Gasteiger partial charge in [-0.3, -0.25) is 0 Å². The number of hydrogen-bond acceptors (Lipinski definition) is 2. The maximum atomic E-state index is 2.61. The highest BCUT2D eigenvalue weighted by atomic mass is 15.2. The first-order valence-electron chi connectivity index (χ1n) is 30.1. The van der Waals surface area contributed by atoms with Crippen LogP contribution in [0.15, 0.2) is 231 Å². The van der Waals surface area contributed by atoms with Crippen LogP contribution in [0.2, 0.25) is 0 Å². The lowest BCUT2D eigenvalue weighted by Crippen LogP contribution is -2.12. The fraction of sp³-hybridized carbons (Fsp3) is 0.175. The van der Waals surface area contributed by atoms with Crippen LogP contribution >= 0.6 is 0 Å². The number of hydrogen-bond donors (Lipinski definition) is 0. The van der Waals surface area contributed by atoms with Gasteiger partial charge in [-0.2, -0.15) is 0 Å². The second-order valence-electron chi connectivity index (χ2n) is 26.2. The van der Waals surface area contributed by atoms with Crippen LogP contribution in [0.1, 0.15) is 103 Å². The van der Waals surface area contributed by atoms with Crippen LogP contribution in [0.25, 0.3) is 98.4 Å². The Bertz CT molecular complexity index is 4690. The highest BCUT2D eigenvalue weighted by Crippen LogP contribution is 2.54. The van der Waals surface area contributed by atoms with E-state index in [1.807, 2.05) is 0 Å². The standard InChI is InChI=1S/C80H70N4/c1-49(2)53-31-35-59(51-23-15-11-16-24-51)71(43-53)81(57-27-19-13-20-28-57)69-41-37-61-63-47-74-64(48-73(63)83-67-39-33-55(79(5,6)7)45-65(67)75(69)77(61)83)62-38-42-70(76-66-46-56(80(8,9)10)34-40-68(66)84(74)78(62)76)82(58-29-21-14-22-30-58)72-44-54(50(3)4)32-36-60(72)52-25-17-12-18-26-52/h11-50H,1-10H3. The molecule has 0 atom stereocenters. The van der Waals surface area contributed by atoms with E-state index in [4.69, 9.17) is 0 Å². The molecule has 4 heterocycles. The fourth-order valence-corrected chi connectivity index (χ4v) is 13.8. The zero-order chi connectivity index (χ0) is 57.5. The third-order valence-corrected chi connectivity index (χ3v) is 18.2. The van der Waals surface area contributed by atoms with Gasteiger partial charge in [0.25, 0.3) is 0 Å². The van der Waals surface area contributed by atoms with E-state index in [0.29, 0.717) is 11.8 Å². The Morgan fingerprint density at radius 1 is 0.310 bits per heavy atom. The van der Waals surface area contributed by atoms with E-state index in [1.54, 1.807) is 0 Å². The van der Waals surface area contributed by atoms with Gasteiger partial charge in [-0.15, -0.1) is 0 Å². The van der Waals surface area contributed by atoms with Crippen molar-refractivity contribution in [2.24, 2.45) is 0 Å². The molecule has 0 saturated carbocycles. The van der Waals surface area contributed by atoms with Gasteiger partial charge in [0.1, 0.15) is 0 Å². The molecular weight excluding hydrogens is 1020 g/mol. The number of rotatable bonds is 10. The summed E-state index contributed by atoms with van der Waals surface area (Å²) in [6, 6.07) is 87.4. The van der Waals surface area contributed by atoms with E-state index in [9.17, 15) is 0 Å². The predicted molar refractivity (Wildman–Crippen MR) is 362 cm³/mol. The van der Waals surface area contributed by atoms with Crippen LogP contribution in [0, 0.1) is 0 Å². The van der Waals surface area contributed by atoms with E-state index in [0.717, 1.165) is 22.7 Å². The highest BCUT2D eigenvalue weighted by Gasteiger charge is 2.31. The van der Waals surface area contributed by atoms with E-state index in [1.165, 1.54) is 132 Å². The lowest BCUT2D eigenvalue weighted by Gasteiger charge is -2.30. The lowest BCUT2D eigenvalue weighted by molar-refractivity contribution is 0.591. The molecule has 0 amide bonds. The smallest absolute Gasteiger partial charge is 0.0641 e. The van der Waals surface area contributed by atoms with Crippen LogP contribution in [0.3, 0.4) is 0 Å². The second kappa shape index (κ2) is 19.1. The topological polar surface area (TPSA) is 15.3 Å². The molecule has 4 aromatic heterocycles. The number of anilines is 6. The van der Waals surface area contributed by atoms with Crippen molar-refractivity contribution in [1.29, 1.82) is 0 Å². The Morgan fingerprint density at radius 2 is 0.679 bits per heavy atom. The van der Waals surface area contributed by atoms with Crippen LogP contribution in [0.4, 0.5) is 34.1 Å². The summed E-state index contributed by atoms with van der Waals surface area (Å²) in [4.78, 5) is 5.10. The minimum Gasteiger partial charge on any atom is -0.309 e. The largest absolute Gasteiger partial charge is 0.309 e. The van der Waals surface area contributed by atoms with Gasteiger partial charge in [-0.05, 0) is 141 Å². The van der Waals surface area contributed by atoms with Crippen molar-refractivity contribution in [3.63, 3.8) is 0 Å². The first-order chi connectivity index (χ1) is 40.6. The summed E-state index contributed by atoms with van der Waals surface area (Å²) in [7, 11) is 0. The summed E-state index contributed by atoms with van der Waals surface area (Å²) in [5.41, 5.74) is 24.2. The van der Waals surface area contributed by atoms with Gasteiger partial charge in [0, 0.05) is 65.6 Å². The molecule has 11 aromatic carbocycles. The van der Waals surface area contributed by atoms with Gasteiger partial charge in [0.05, 0.1) is 55.8 Å². The van der Waals surface area contributed by atoms with Crippen LogP contribution in [-0.4, -0.2) is 8.80 Å². The SMILES string of the molecule is CC(C)c1ccc(-c2ccccc2)c(N(c2ccccc2)c2ccc3c4cc5c(cc4n4c6ccc(C(C)(C)C)cc6c2c34)c2ccc(N(c3ccccc3)c3cc(C(C)C)ccc3-c3ccccc3)c3c4cc(C(C)(C)C)ccc4n5c23)c1. The lowest BCUT2D eigenvalue weighted by atomic mass is 9.86. The summed E-state index contributed by atoms with van der Waals surface area (Å²) in [6.07, 6.45) is 0. The maximum absolute atomic E-state index is 2.61. The number of fused-ring (bicyclic) bond motifs is 12. The fourth-order valence-electron chi connectivity index (χ4n) is 13.8. The molecule has 0 aliphatic heterocycles. The molecule has 0 aliphatic rings. The Balaban J connectivity index is 1.05. The molecule has 0 unspecified atom stereocenters. The van der Waals surface area contributed by atoms with Gasteiger partial charge in [-0.25, -0.2) is 0 Å². The molecule has 0 fully saturated rings. The Kier molecular flexibility index (Phi) is 11.7. The minimum atomic E-state index is -0.0632. The third kappa shape index (κ3) is 7.94. The third-order valence-electron chi connectivity index (χ3n) is 18.2. The maximum Gasteiger partial charge on any atom is 0.0641 e. The van der Waals surface area contributed by atoms with Gasteiger partial charge in [0.2, 0.25) is 0 Å². The Morgan fingerprint density at radius 3 is 1.04 bits per heavy atom. The molecule has 15 rings (SSSR count). The van der Waals surface area contributed by atoms with E-state index >= 15 is 0 Å². The minimum absolute atomic E-state index is 0.0632. The first-order valence-corrected chi connectivity index (χ1v) is 30.1.